The van der Waals surface area contributed by atoms with Gasteiger partial charge in [0.05, 0.1) is 0 Å². The Kier molecular flexibility index (Phi) is 7.91. The molecular formula is C21H37N5. The quantitative estimate of drug-likeness (QED) is 0.580. The zero-order valence-corrected chi connectivity index (χ0v) is 17.3. The van der Waals surface area contributed by atoms with Crippen LogP contribution in [0.4, 0.5) is 0 Å². The van der Waals surface area contributed by atoms with Crippen molar-refractivity contribution in [3.05, 3.63) is 35.4 Å². The van der Waals surface area contributed by atoms with Crippen molar-refractivity contribution in [3.8, 4) is 0 Å². The Labute approximate surface area is 159 Å². The minimum absolute atomic E-state index is 0.143. The molecule has 0 saturated carbocycles. The van der Waals surface area contributed by atoms with E-state index in [9.17, 15) is 0 Å². The first-order valence-electron chi connectivity index (χ1n) is 9.83. The van der Waals surface area contributed by atoms with E-state index in [-0.39, 0.29) is 5.54 Å². The predicted molar refractivity (Wildman–Crippen MR) is 112 cm³/mol. The van der Waals surface area contributed by atoms with Gasteiger partial charge in [-0.25, -0.2) is 0 Å². The van der Waals surface area contributed by atoms with Crippen LogP contribution >= 0.6 is 0 Å². The molecule has 1 aromatic rings. The standard InChI is InChI=1S/C21H37N5/c1-21(2,26-12-7-6-8-13-26)17-24-20(22-3)23-15-18-10-9-11-19(14-18)16-25(4)5/h9-11,14H,6-8,12-13,15-17H2,1-5H3,(H2,22,23,24). The van der Waals surface area contributed by atoms with Crippen molar-refractivity contribution in [2.75, 3.05) is 40.8 Å². The van der Waals surface area contributed by atoms with E-state index in [2.05, 4.69) is 77.6 Å². The monoisotopic (exact) mass is 359 g/mol. The summed E-state index contributed by atoms with van der Waals surface area (Å²) in [6, 6.07) is 8.73. The highest BCUT2D eigenvalue weighted by Gasteiger charge is 2.27. The van der Waals surface area contributed by atoms with Crippen LogP contribution in [0.15, 0.2) is 29.3 Å². The smallest absolute Gasteiger partial charge is 0.191 e. The normalized spacial score (nSPS) is 16.8. The Balaban J connectivity index is 1.84. The lowest BCUT2D eigenvalue weighted by Gasteiger charge is -2.41. The predicted octanol–water partition coefficient (Wildman–Crippen LogP) is 2.68. The fraction of sp³-hybridized carbons (Fsp3) is 0.667. The minimum Gasteiger partial charge on any atom is -0.355 e. The first-order valence-corrected chi connectivity index (χ1v) is 9.83. The summed E-state index contributed by atoms with van der Waals surface area (Å²) in [6.45, 7) is 9.70. The molecule has 1 heterocycles. The molecule has 1 aliphatic heterocycles. The van der Waals surface area contributed by atoms with Crippen LogP contribution in [0.2, 0.25) is 0 Å². The van der Waals surface area contributed by atoms with Gasteiger partial charge in [-0.1, -0.05) is 30.7 Å². The van der Waals surface area contributed by atoms with Gasteiger partial charge in [0.2, 0.25) is 0 Å². The van der Waals surface area contributed by atoms with E-state index in [1.54, 1.807) is 0 Å². The average molecular weight is 360 g/mol. The summed E-state index contributed by atoms with van der Waals surface area (Å²) in [6.07, 6.45) is 4.01. The summed E-state index contributed by atoms with van der Waals surface area (Å²) >= 11 is 0. The first-order chi connectivity index (χ1) is 12.4. The Morgan fingerprint density at radius 2 is 1.81 bits per heavy atom. The second-order valence-electron chi connectivity index (χ2n) is 8.20. The maximum atomic E-state index is 4.39. The van der Waals surface area contributed by atoms with E-state index in [1.165, 1.54) is 43.5 Å². The molecule has 0 bridgehead atoms. The van der Waals surface area contributed by atoms with Gasteiger partial charge in [0, 0.05) is 32.2 Å². The van der Waals surface area contributed by atoms with Gasteiger partial charge in [-0.15, -0.1) is 0 Å². The zero-order chi connectivity index (χ0) is 19.0. The number of likely N-dealkylation sites (tertiary alicyclic amines) is 1. The van der Waals surface area contributed by atoms with Crippen LogP contribution in [-0.2, 0) is 13.1 Å². The molecule has 0 amide bonds. The van der Waals surface area contributed by atoms with Gasteiger partial charge in [-0.2, -0.15) is 0 Å². The molecule has 5 heteroatoms. The fourth-order valence-electron chi connectivity index (χ4n) is 3.52. The second-order valence-corrected chi connectivity index (χ2v) is 8.20. The number of piperidine rings is 1. The van der Waals surface area contributed by atoms with E-state index in [0.717, 1.165) is 25.6 Å². The van der Waals surface area contributed by atoms with Crippen molar-refractivity contribution in [2.24, 2.45) is 4.99 Å². The Hall–Kier alpha value is -1.59. The Morgan fingerprint density at radius 3 is 2.46 bits per heavy atom. The molecule has 1 aromatic carbocycles. The van der Waals surface area contributed by atoms with Crippen LogP contribution in [0.3, 0.4) is 0 Å². The third-order valence-corrected chi connectivity index (χ3v) is 5.07. The van der Waals surface area contributed by atoms with Crippen LogP contribution in [0, 0.1) is 0 Å². The van der Waals surface area contributed by atoms with Gasteiger partial charge in [0.25, 0.3) is 0 Å². The van der Waals surface area contributed by atoms with Gasteiger partial charge in [-0.05, 0) is 65.0 Å². The molecule has 0 unspecified atom stereocenters. The third kappa shape index (κ3) is 6.61. The number of hydrogen-bond acceptors (Lipinski definition) is 3. The third-order valence-electron chi connectivity index (χ3n) is 5.07. The van der Waals surface area contributed by atoms with E-state index in [4.69, 9.17) is 0 Å². The molecular weight excluding hydrogens is 322 g/mol. The SMILES string of the molecule is CN=C(NCc1cccc(CN(C)C)c1)NCC(C)(C)N1CCCCC1. The molecule has 2 rings (SSSR count). The highest BCUT2D eigenvalue weighted by molar-refractivity contribution is 5.79. The fourth-order valence-corrected chi connectivity index (χ4v) is 3.52. The molecule has 2 N–H and O–H groups in total. The molecule has 26 heavy (non-hydrogen) atoms. The summed E-state index contributed by atoms with van der Waals surface area (Å²) in [4.78, 5) is 9.18. The van der Waals surface area contributed by atoms with Gasteiger partial charge < -0.3 is 15.5 Å². The number of nitrogens with zero attached hydrogens (tertiary/aromatic N) is 3. The number of guanidine groups is 1. The molecule has 0 atom stereocenters. The zero-order valence-electron chi connectivity index (χ0n) is 17.3. The second kappa shape index (κ2) is 9.93. The van der Waals surface area contributed by atoms with Crippen LogP contribution in [0.25, 0.3) is 0 Å². The lowest BCUT2D eigenvalue weighted by molar-refractivity contribution is 0.0982. The maximum Gasteiger partial charge on any atom is 0.191 e. The molecule has 0 spiro atoms. The minimum atomic E-state index is 0.143. The molecule has 146 valence electrons. The molecule has 0 aromatic heterocycles. The number of nitrogens with one attached hydrogen (secondary N) is 2. The number of rotatable bonds is 7. The van der Waals surface area contributed by atoms with Gasteiger partial charge >= 0.3 is 0 Å². The lowest BCUT2D eigenvalue weighted by atomic mass is 9.98. The number of benzene rings is 1. The highest BCUT2D eigenvalue weighted by Crippen LogP contribution is 2.19. The van der Waals surface area contributed by atoms with Crippen LogP contribution < -0.4 is 10.6 Å². The first kappa shape index (κ1) is 20.7. The average Bonchev–Trinajstić information content (AvgIpc) is 2.62. The van der Waals surface area contributed by atoms with Crippen molar-refractivity contribution in [1.82, 2.24) is 20.4 Å². The highest BCUT2D eigenvalue weighted by atomic mass is 15.2. The van der Waals surface area contributed by atoms with Crippen LogP contribution in [-0.4, -0.2) is 62.1 Å². The lowest BCUT2D eigenvalue weighted by Crippen LogP contribution is -2.54. The summed E-state index contributed by atoms with van der Waals surface area (Å²) < 4.78 is 0. The topological polar surface area (TPSA) is 42.9 Å². The summed E-state index contributed by atoms with van der Waals surface area (Å²) in [7, 11) is 6.03. The van der Waals surface area contributed by atoms with Crippen LogP contribution in [0.1, 0.15) is 44.2 Å². The maximum absolute atomic E-state index is 4.39. The summed E-state index contributed by atoms with van der Waals surface area (Å²) in [5, 5.41) is 6.96. The molecule has 1 aliphatic rings. The molecule has 0 radical (unpaired) electrons. The van der Waals surface area contributed by atoms with Crippen molar-refractivity contribution < 1.29 is 0 Å². The molecule has 1 fully saturated rings. The molecule has 5 nitrogen and oxygen atoms in total. The van der Waals surface area contributed by atoms with Crippen LogP contribution in [0.5, 0.6) is 0 Å². The number of hydrogen-bond donors (Lipinski definition) is 2. The molecule has 1 saturated heterocycles. The van der Waals surface area contributed by atoms with Crippen molar-refractivity contribution >= 4 is 5.96 Å². The van der Waals surface area contributed by atoms with Crippen molar-refractivity contribution in [1.29, 1.82) is 0 Å². The van der Waals surface area contributed by atoms with E-state index >= 15 is 0 Å². The summed E-state index contributed by atoms with van der Waals surface area (Å²) in [5.74, 6) is 0.869. The van der Waals surface area contributed by atoms with Gasteiger partial charge in [-0.3, -0.25) is 9.89 Å². The van der Waals surface area contributed by atoms with E-state index in [1.807, 2.05) is 7.05 Å². The van der Waals surface area contributed by atoms with E-state index in [0.29, 0.717) is 0 Å². The van der Waals surface area contributed by atoms with Crippen molar-refractivity contribution in [2.45, 2.75) is 51.7 Å². The molecule has 0 aliphatic carbocycles. The van der Waals surface area contributed by atoms with Crippen molar-refractivity contribution in [3.63, 3.8) is 0 Å². The Morgan fingerprint density at radius 1 is 1.12 bits per heavy atom. The largest absolute Gasteiger partial charge is 0.355 e. The van der Waals surface area contributed by atoms with Gasteiger partial charge in [0.15, 0.2) is 5.96 Å². The summed E-state index contributed by atoms with van der Waals surface area (Å²) in [5.41, 5.74) is 2.76. The van der Waals surface area contributed by atoms with E-state index < -0.39 is 0 Å². The number of aliphatic imine (C=N–C) groups is 1. The van der Waals surface area contributed by atoms with Gasteiger partial charge in [0.1, 0.15) is 0 Å². The Bertz CT molecular complexity index is 574.